The van der Waals surface area contributed by atoms with Gasteiger partial charge >= 0.3 is 0 Å². The standard InChI is InChI=1S/C14H20N2O2S/c1-4-9-18-12-7-5-11(6-8-12)15-14(19)16-13(17)10(2)3/h5-8,10H,4,9H2,1-3H3,(H2,15,16,17,19). The van der Waals surface area contributed by atoms with Gasteiger partial charge in [0.1, 0.15) is 5.75 Å². The molecule has 1 amide bonds. The topological polar surface area (TPSA) is 50.4 Å². The first-order valence-electron chi connectivity index (χ1n) is 6.37. The maximum Gasteiger partial charge on any atom is 0.228 e. The van der Waals surface area contributed by atoms with Crippen molar-refractivity contribution in [2.24, 2.45) is 5.92 Å². The number of rotatable bonds is 5. The lowest BCUT2D eigenvalue weighted by Gasteiger charge is -2.11. The first-order chi connectivity index (χ1) is 9.02. The van der Waals surface area contributed by atoms with Crippen molar-refractivity contribution in [2.45, 2.75) is 27.2 Å². The summed E-state index contributed by atoms with van der Waals surface area (Å²) in [6.07, 6.45) is 0.978. The first-order valence-corrected chi connectivity index (χ1v) is 6.78. The average Bonchev–Trinajstić information content (AvgIpc) is 2.37. The molecule has 0 aliphatic rings. The molecule has 1 rings (SSSR count). The first kappa shape index (κ1) is 15.4. The van der Waals surface area contributed by atoms with Crippen LogP contribution in [-0.2, 0) is 4.79 Å². The maximum atomic E-state index is 11.5. The fourth-order valence-corrected chi connectivity index (χ4v) is 1.49. The summed E-state index contributed by atoms with van der Waals surface area (Å²) in [4.78, 5) is 11.5. The third kappa shape index (κ3) is 5.70. The van der Waals surface area contributed by atoms with Gasteiger partial charge in [-0.05, 0) is 42.9 Å². The smallest absolute Gasteiger partial charge is 0.228 e. The van der Waals surface area contributed by atoms with Crippen molar-refractivity contribution in [3.63, 3.8) is 0 Å². The van der Waals surface area contributed by atoms with Crippen LogP contribution in [0.15, 0.2) is 24.3 Å². The summed E-state index contributed by atoms with van der Waals surface area (Å²) in [6.45, 7) is 6.40. The van der Waals surface area contributed by atoms with E-state index in [4.69, 9.17) is 17.0 Å². The number of benzene rings is 1. The van der Waals surface area contributed by atoms with E-state index in [1.54, 1.807) is 0 Å². The Kier molecular flexibility index (Phi) is 6.29. The molecule has 0 heterocycles. The van der Waals surface area contributed by atoms with Crippen LogP contribution in [0.5, 0.6) is 5.75 Å². The van der Waals surface area contributed by atoms with E-state index in [2.05, 4.69) is 17.6 Å². The van der Waals surface area contributed by atoms with Gasteiger partial charge in [-0.15, -0.1) is 0 Å². The molecule has 4 nitrogen and oxygen atoms in total. The van der Waals surface area contributed by atoms with Crippen molar-refractivity contribution in [3.8, 4) is 5.75 Å². The van der Waals surface area contributed by atoms with Crippen molar-refractivity contribution in [1.29, 1.82) is 0 Å². The van der Waals surface area contributed by atoms with Gasteiger partial charge in [0, 0.05) is 11.6 Å². The van der Waals surface area contributed by atoms with Crippen molar-refractivity contribution in [1.82, 2.24) is 5.32 Å². The molecule has 0 saturated carbocycles. The van der Waals surface area contributed by atoms with Crippen LogP contribution in [0.1, 0.15) is 27.2 Å². The Bertz CT molecular complexity index is 430. The molecule has 19 heavy (non-hydrogen) atoms. The largest absolute Gasteiger partial charge is 0.494 e. The highest BCUT2D eigenvalue weighted by molar-refractivity contribution is 7.80. The van der Waals surface area contributed by atoms with E-state index in [1.807, 2.05) is 38.1 Å². The molecule has 0 unspecified atom stereocenters. The lowest BCUT2D eigenvalue weighted by molar-refractivity contribution is -0.122. The van der Waals surface area contributed by atoms with Gasteiger partial charge in [0.2, 0.25) is 5.91 Å². The fraction of sp³-hybridized carbons (Fsp3) is 0.429. The molecule has 0 fully saturated rings. The van der Waals surface area contributed by atoms with E-state index >= 15 is 0 Å². The van der Waals surface area contributed by atoms with E-state index in [0.717, 1.165) is 17.9 Å². The van der Waals surface area contributed by atoms with Crippen LogP contribution < -0.4 is 15.4 Å². The predicted octanol–water partition coefficient (Wildman–Crippen LogP) is 2.94. The van der Waals surface area contributed by atoms with Crippen LogP contribution >= 0.6 is 12.2 Å². The quantitative estimate of drug-likeness (QED) is 0.814. The Balaban J connectivity index is 2.48. The minimum Gasteiger partial charge on any atom is -0.494 e. The summed E-state index contributed by atoms with van der Waals surface area (Å²) in [5, 5.41) is 5.89. The van der Waals surface area contributed by atoms with Gasteiger partial charge in [-0.3, -0.25) is 4.79 Å². The Morgan fingerprint density at radius 2 is 1.95 bits per heavy atom. The second-order valence-corrected chi connectivity index (χ2v) is 4.88. The zero-order chi connectivity index (χ0) is 14.3. The molecule has 104 valence electrons. The summed E-state index contributed by atoms with van der Waals surface area (Å²) in [7, 11) is 0. The number of ether oxygens (including phenoxy) is 1. The Morgan fingerprint density at radius 1 is 1.32 bits per heavy atom. The third-order valence-corrected chi connectivity index (χ3v) is 2.55. The van der Waals surface area contributed by atoms with E-state index in [1.165, 1.54) is 0 Å². The maximum absolute atomic E-state index is 11.5. The van der Waals surface area contributed by atoms with Crippen LogP contribution in [-0.4, -0.2) is 17.6 Å². The highest BCUT2D eigenvalue weighted by Crippen LogP contribution is 2.15. The second-order valence-electron chi connectivity index (χ2n) is 4.47. The summed E-state index contributed by atoms with van der Waals surface area (Å²) in [5.74, 6) is 0.634. The number of amides is 1. The third-order valence-electron chi connectivity index (χ3n) is 2.35. The van der Waals surface area contributed by atoms with Crippen LogP contribution in [0.25, 0.3) is 0 Å². The van der Waals surface area contributed by atoms with Crippen molar-refractivity contribution in [3.05, 3.63) is 24.3 Å². The molecular formula is C14H20N2O2S. The van der Waals surface area contributed by atoms with Gasteiger partial charge in [-0.2, -0.15) is 0 Å². The number of hydrogen-bond donors (Lipinski definition) is 2. The lowest BCUT2D eigenvalue weighted by atomic mass is 10.2. The predicted molar refractivity (Wildman–Crippen MR) is 81.4 cm³/mol. The zero-order valence-electron chi connectivity index (χ0n) is 11.5. The second kappa shape index (κ2) is 7.74. The molecule has 0 saturated heterocycles. The molecule has 0 aliphatic heterocycles. The van der Waals surface area contributed by atoms with Crippen LogP contribution in [0, 0.1) is 5.92 Å². The van der Waals surface area contributed by atoms with E-state index in [0.29, 0.717) is 11.7 Å². The highest BCUT2D eigenvalue weighted by atomic mass is 32.1. The lowest BCUT2D eigenvalue weighted by Crippen LogP contribution is -2.36. The van der Waals surface area contributed by atoms with E-state index in [9.17, 15) is 4.79 Å². The molecule has 0 radical (unpaired) electrons. The molecule has 5 heteroatoms. The highest BCUT2D eigenvalue weighted by Gasteiger charge is 2.08. The van der Waals surface area contributed by atoms with Gasteiger partial charge in [-0.25, -0.2) is 0 Å². The Labute approximate surface area is 119 Å². The Hall–Kier alpha value is -1.62. The van der Waals surface area contributed by atoms with Crippen molar-refractivity contribution in [2.75, 3.05) is 11.9 Å². The summed E-state index contributed by atoms with van der Waals surface area (Å²) < 4.78 is 5.48. The number of nitrogens with one attached hydrogen (secondary N) is 2. The van der Waals surface area contributed by atoms with Gasteiger partial charge in [-0.1, -0.05) is 20.8 Å². The number of carbonyl (C=O) groups excluding carboxylic acids is 1. The van der Waals surface area contributed by atoms with Crippen LogP contribution in [0.2, 0.25) is 0 Å². The molecule has 1 aromatic rings. The molecule has 0 aliphatic carbocycles. The minimum atomic E-state index is -0.0969. The van der Waals surface area contributed by atoms with Crippen LogP contribution in [0.3, 0.4) is 0 Å². The number of hydrogen-bond acceptors (Lipinski definition) is 3. The molecule has 0 bridgehead atoms. The number of carbonyl (C=O) groups is 1. The summed E-state index contributed by atoms with van der Waals surface area (Å²) >= 11 is 5.06. The molecule has 2 N–H and O–H groups in total. The molecule has 0 aromatic heterocycles. The molecular weight excluding hydrogens is 260 g/mol. The zero-order valence-corrected chi connectivity index (χ0v) is 12.3. The van der Waals surface area contributed by atoms with Gasteiger partial charge in [0.25, 0.3) is 0 Å². The fourth-order valence-electron chi connectivity index (χ4n) is 1.27. The summed E-state index contributed by atoms with van der Waals surface area (Å²) in [5.41, 5.74) is 0.818. The van der Waals surface area contributed by atoms with E-state index in [-0.39, 0.29) is 11.8 Å². The molecule has 1 aromatic carbocycles. The monoisotopic (exact) mass is 280 g/mol. The minimum absolute atomic E-state index is 0.0930. The van der Waals surface area contributed by atoms with Crippen LogP contribution in [0.4, 0.5) is 5.69 Å². The van der Waals surface area contributed by atoms with Gasteiger partial charge < -0.3 is 15.4 Å². The Morgan fingerprint density at radius 3 is 2.47 bits per heavy atom. The number of anilines is 1. The number of thiocarbonyl (C=S) groups is 1. The van der Waals surface area contributed by atoms with E-state index < -0.39 is 0 Å². The summed E-state index contributed by atoms with van der Waals surface area (Å²) in [6, 6.07) is 7.45. The average molecular weight is 280 g/mol. The normalized spacial score (nSPS) is 10.1. The van der Waals surface area contributed by atoms with Gasteiger partial charge in [0.15, 0.2) is 5.11 Å². The van der Waals surface area contributed by atoms with Gasteiger partial charge in [0.05, 0.1) is 6.61 Å². The van der Waals surface area contributed by atoms with Crippen molar-refractivity contribution < 1.29 is 9.53 Å². The molecule has 0 spiro atoms. The SMILES string of the molecule is CCCOc1ccc(NC(=S)NC(=O)C(C)C)cc1. The molecule has 0 atom stereocenters. The van der Waals surface area contributed by atoms with Crippen molar-refractivity contribution >= 4 is 28.9 Å².